The van der Waals surface area contributed by atoms with Gasteiger partial charge in [0.25, 0.3) is 0 Å². The third-order valence-electron chi connectivity index (χ3n) is 2.58. The molecule has 19 heavy (non-hydrogen) atoms. The summed E-state index contributed by atoms with van der Waals surface area (Å²) < 4.78 is 41.0. The predicted molar refractivity (Wildman–Crippen MR) is 70.2 cm³/mol. The molecule has 0 saturated carbocycles. The zero-order chi connectivity index (χ0) is 14.5. The maximum Gasteiger partial charge on any atom is 0.153 e. The van der Waals surface area contributed by atoms with E-state index < -0.39 is 15.7 Å². The Labute approximate surface area is 111 Å². The number of hydrogen-bond donors (Lipinski definition) is 1. The van der Waals surface area contributed by atoms with Gasteiger partial charge in [-0.2, -0.15) is 0 Å². The first-order valence-electron chi connectivity index (χ1n) is 5.71. The van der Waals surface area contributed by atoms with Crippen LogP contribution in [0.2, 0.25) is 0 Å². The second-order valence-corrected chi connectivity index (χ2v) is 6.38. The highest BCUT2D eigenvalue weighted by molar-refractivity contribution is 7.91. The van der Waals surface area contributed by atoms with Gasteiger partial charge in [-0.25, -0.2) is 12.8 Å². The minimum Gasteiger partial charge on any atom is -0.492 e. The Hall–Kier alpha value is -1.63. The van der Waals surface area contributed by atoms with Gasteiger partial charge < -0.3 is 9.94 Å². The quantitative estimate of drug-likeness (QED) is 0.492. The Morgan fingerprint density at radius 1 is 1.47 bits per heavy atom. The monoisotopic (exact) mass is 289 g/mol. The van der Waals surface area contributed by atoms with Crippen LogP contribution in [0.5, 0.6) is 5.75 Å². The van der Waals surface area contributed by atoms with Crippen LogP contribution in [0.4, 0.5) is 4.39 Å². The highest BCUT2D eigenvalue weighted by Crippen LogP contribution is 2.21. The first-order valence-corrected chi connectivity index (χ1v) is 7.53. The van der Waals surface area contributed by atoms with Crippen LogP contribution in [0.3, 0.4) is 0 Å². The molecule has 0 amide bonds. The van der Waals surface area contributed by atoms with Crippen molar-refractivity contribution >= 4 is 15.5 Å². The lowest BCUT2D eigenvalue weighted by molar-refractivity contribution is 0.317. The molecule has 0 radical (unpaired) electrons. The van der Waals surface area contributed by atoms with Crippen LogP contribution in [0.25, 0.3) is 0 Å². The molecule has 1 N–H and O–H groups in total. The minimum absolute atomic E-state index is 0.0312. The van der Waals surface area contributed by atoms with Crippen molar-refractivity contribution in [1.29, 1.82) is 0 Å². The molecule has 0 bridgehead atoms. The molecule has 1 aromatic rings. The van der Waals surface area contributed by atoms with Gasteiger partial charge in [0.2, 0.25) is 0 Å². The predicted octanol–water partition coefficient (Wildman–Crippen LogP) is 1.84. The zero-order valence-corrected chi connectivity index (χ0v) is 11.6. The molecular weight excluding hydrogens is 273 g/mol. The van der Waals surface area contributed by atoms with Gasteiger partial charge in [0.05, 0.1) is 11.5 Å². The van der Waals surface area contributed by atoms with E-state index in [0.717, 1.165) is 6.07 Å². The average molecular weight is 289 g/mol. The Morgan fingerprint density at radius 3 is 2.74 bits per heavy atom. The molecule has 0 saturated heterocycles. The van der Waals surface area contributed by atoms with Gasteiger partial charge in [0, 0.05) is 17.4 Å². The normalized spacial score (nSPS) is 12.5. The molecule has 0 aliphatic carbocycles. The van der Waals surface area contributed by atoms with Crippen molar-refractivity contribution in [1.82, 2.24) is 0 Å². The van der Waals surface area contributed by atoms with Crippen molar-refractivity contribution < 1.29 is 22.8 Å². The average Bonchev–Trinajstić information content (AvgIpc) is 2.38. The Bertz CT molecular complexity index is 569. The molecule has 7 heteroatoms. The van der Waals surface area contributed by atoms with E-state index in [1.165, 1.54) is 19.1 Å². The Balaban J connectivity index is 2.85. The van der Waals surface area contributed by atoms with Crippen LogP contribution in [-0.2, 0) is 9.84 Å². The fourth-order valence-electron chi connectivity index (χ4n) is 1.39. The number of halogens is 1. The maximum atomic E-state index is 13.1. The van der Waals surface area contributed by atoms with Crippen LogP contribution >= 0.6 is 0 Å². The zero-order valence-electron chi connectivity index (χ0n) is 10.8. The topological polar surface area (TPSA) is 76.0 Å². The van der Waals surface area contributed by atoms with E-state index in [1.54, 1.807) is 6.92 Å². The van der Waals surface area contributed by atoms with Crippen molar-refractivity contribution in [3.8, 4) is 5.75 Å². The highest BCUT2D eigenvalue weighted by Gasteiger charge is 2.11. The lowest BCUT2D eigenvalue weighted by Crippen LogP contribution is -2.16. The van der Waals surface area contributed by atoms with Crippen LogP contribution in [0.1, 0.15) is 19.4 Å². The van der Waals surface area contributed by atoms with E-state index in [1.807, 2.05) is 0 Å². The molecule has 1 rings (SSSR count). The summed E-state index contributed by atoms with van der Waals surface area (Å²) in [5, 5.41) is 11.7. The van der Waals surface area contributed by atoms with Crippen molar-refractivity contribution in [3.63, 3.8) is 0 Å². The van der Waals surface area contributed by atoms with Gasteiger partial charge in [-0.15, -0.1) is 0 Å². The van der Waals surface area contributed by atoms with E-state index in [-0.39, 0.29) is 29.6 Å². The van der Waals surface area contributed by atoms with E-state index in [4.69, 9.17) is 9.94 Å². The number of oxime groups is 1. The molecule has 0 aliphatic heterocycles. The van der Waals surface area contributed by atoms with Gasteiger partial charge in [0.15, 0.2) is 9.84 Å². The Morgan fingerprint density at radius 2 is 2.16 bits per heavy atom. The van der Waals surface area contributed by atoms with E-state index in [2.05, 4.69) is 5.16 Å². The summed E-state index contributed by atoms with van der Waals surface area (Å²) in [6.07, 6.45) is 0. The van der Waals surface area contributed by atoms with Gasteiger partial charge in [-0.3, -0.25) is 0 Å². The second-order valence-electron chi connectivity index (χ2n) is 3.91. The van der Waals surface area contributed by atoms with Gasteiger partial charge in [-0.05, 0) is 19.1 Å². The van der Waals surface area contributed by atoms with Gasteiger partial charge in [-0.1, -0.05) is 12.1 Å². The smallest absolute Gasteiger partial charge is 0.153 e. The first-order chi connectivity index (χ1) is 8.89. The molecule has 0 spiro atoms. The molecule has 0 atom stereocenters. The lowest BCUT2D eigenvalue weighted by Gasteiger charge is -2.10. The number of sulfone groups is 1. The summed E-state index contributed by atoms with van der Waals surface area (Å²) >= 11 is 0. The minimum atomic E-state index is -3.14. The second kappa shape index (κ2) is 6.51. The van der Waals surface area contributed by atoms with Crippen molar-refractivity contribution in [2.75, 3.05) is 18.1 Å². The maximum absolute atomic E-state index is 13.1. The molecule has 1 aromatic carbocycles. The summed E-state index contributed by atoms with van der Waals surface area (Å²) in [6, 6.07) is 3.75. The number of benzene rings is 1. The van der Waals surface area contributed by atoms with Crippen LogP contribution < -0.4 is 4.74 Å². The first kappa shape index (κ1) is 15.4. The molecule has 0 aromatic heterocycles. The van der Waals surface area contributed by atoms with Crippen molar-refractivity contribution in [2.24, 2.45) is 5.16 Å². The summed E-state index contributed by atoms with van der Waals surface area (Å²) in [6.45, 7) is 3.00. The number of hydrogen-bond acceptors (Lipinski definition) is 5. The van der Waals surface area contributed by atoms with Crippen LogP contribution in [0, 0.1) is 5.82 Å². The molecule has 5 nitrogen and oxygen atoms in total. The number of nitrogens with zero attached hydrogens (tertiary/aromatic N) is 1. The molecule has 0 aliphatic rings. The van der Waals surface area contributed by atoms with Gasteiger partial charge >= 0.3 is 0 Å². The summed E-state index contributed by atoms with van der Waals surface area (Å²) in [4.78, 5) is 0. The fourth-order valence-corrected chi connectivity index (χ4v) is 2.02. The molecule has 0 fully saturated rings. The Kier molecular flexibility index (Phi) is 5.29. The molecule has 0 heterocycles. The SMILES string of the molecule is CCS(=O)(=O)CCOc1cc(F)ccc1C(C)=NO. The lowest BCUT2D eigenvalue weighted by atomic mass is 10.1. The number of ether oxygens (including phenoxy) is 1. The fraction of sp³-hybridized carbons (Fsp3) is 0.417. The van der Waals surface area contributed by atoms with E-state index in [0.29, 0.717) is 5.56 Å². The highest BCUT2D eigenvalue weighted by atomic mass is 32.2. The van der Waals surface area contributed by atoms with Crippen molar-refractivity contribution in [2.45, 2.75) is 13.8 Å². The molecule has 0 unspecified atom stereocenters. The van der Waals surface area contributed by atoms with E-state index in [9.17, 15) is 12.8 Å². The van der Waals surface area contributed by atoms with Crippen molar-refractivity contribution in [3.05, 3.63) is 29.6 Å². The van der Waals surface area contributed by atoms with E-state index >= 15 is 0 Å². The summed E-state index contributed by atoms with van der Waals surface area (Å²) in [5.41, 5.74) is 0.672. The standard InChI is InChI=1S/C12H16FNO4S/c1-3-19(16,17)7-6-18-12-8-10(13)4-5-11(12)9(2)14-15/h4-5,8,15H,3,6-7H2,1-2H3. The molecular formula is C12H16FNO4S. The third kappa shape index (κ3) is 4.51. The number of rotatable bonds is 6. The summed E-state index contributed by atoms with van der Waals surface area (Å²) in [7, 11) is -3.14. The largest absolute Gasteiger partial charge is 0.492 e. The summed E-state index contributed by atoms with van der Waals surface area (Å²) in [5.74, 6) is -0.470. The third-order valence-corrected chi connectivity index (χ3v) is 4.24. The molecule has 106 valence electrons. The van der Waals surface area contributed by atoms with Crippen LogP contribution in [-0.4, -0.2) is 37.4 Å². The van der Waals surface area contributed by atoms with Crippen LogP contribution in [0.15, 0.2) is 23.4 Å². The van der Waals surface area contributed by atoms with Gasteiger partial charge in [0.1, 0.15) is 18.2 Å².